The Bertz CT molecular complexity index is 688. The number of halogens is 2. The zero-order valence-corrected chi connectivity index (χ0v) is 13.2. The van der Waals surface area contributed by atoms with Gasteiger partial charge in [-0.2, -0.15) is 0 Å². The minimum absolute atomic E-state index is 0.110. The van der Waals surface area contributed by atoms with Crippen LogP contribution in [0.15, 0.2) is 23.6 Å². The molecule has 0 saturated heterocycles. The molecule has 8 heteroatoms. The van der Waals surface area contributed by atoms with E-state index in [9.17, 15) is 9.59 Å². The highest BCUT2D eigenvalue weighted by Crippen LogP contribution is 2.29. The maximum absolute atomic E-state index is 12.1. The van der Waals surface area contributed by atoms with Gasteiger partial charge < -0.3 is 10.1 Å². The van der Waals surface area contributed by atoms with Crippen molar-refractivity contribution in [2.45, 2.75) is 6.92 Å². The predicted molar refractivity (Wildman–Crippen MR) is 82.5 cm³/mol. The van der Waals surface area contributed by atoms with Crippen molar-refractivity contribution in [1.29, 1.82) is 0 Å². The van der Waals surface area contributed by atoms with E-state index in [1.807, 2.05) is 0 Å². The first-order chi connectivity index (χ1) is 10.0. The summed E-state index contributed by atoms with van der Waals surface area (Å²) in [6, 6.07) is 4.89. The Hall–Kier alpha value is -1.63. The summed E-state index contributed by atoms with van der Waals surface area (Å²) in [7, 11) is 0. The quantitative estimate of drug-likeness (QED) is 0.854. The number of aromatic nitrogens is 1. The third kappa shape index (κ3) is 3.72. The highest BCUT2D eigenvalue weighted by molar-refractivity contribution is 7.11. The van der Waals surface area contributed by atoms with E-state index in [1.165, 1.54) is 5.38 Å². The number of hydrogen-bond acceptors (Lipinski definition) is 5. The third-order valence-electron chi connectivity index (χ3n) is 2.39. The number of hydrogen-bond donors (Lipinski definition) is 1. The number of carbonyl (C=O) groups is 2. The van der Waals surface area contributed by atoms with E-state index in [-0.39, 0.29) is 22.3 Å². The second-order valence-corrected chi connectivity index (χ2v) is 5.46. The van der Waals surface area contributed by atoms with Crippen molar-refractivity contribution in [2.75, 3.05) is 11.9 Å². The van der Waals surface area contributed by atoms with Crippen LogP contribution < -0.4 is 5.32 Å². The summed E-state index contributed by atoms with van der Waals surface area (Å²) in [5.41, 5.74) is 0.485. The first-order valence-corrected chi connectivity index (χ1v) is 7.54. The number of rotatable bonds is 4. The number of carbonyl (C=O) groups excluding carboxylic acids is 2. The van der Waals surface area contributed by atoms with Gasteiger partial charge in [-0.3, -0.25) is 4.79 Å². The summed E-state index contributed by atoms with van der Waals surface area (Å²) in [5, 5.41) is 4.76. The van der Waals surface area contributed by atoms with Crippen molar-refractivity contribution >= 4 is 52.1 Å². The van der Waals surface area contributed by atoms with Crippen LogP contribution in [-0.2, 0) is 4.74 Å². The molecule has 0 aliphatic rings. The zero-order valence-electron chi connectivity index (χ0n) is 10.9. The number of benzene rings is 1. The van der Waals surface area contributed by atoms with Gasteiger partial charge in [0.05, 0.1) is 22.3 Å². The minimum Gasteiger partial charge on any atom is -0.461 e. The molecule has 0 unspecified atom stereocenters. The molecule has 0 fully saturated rings. The number of nitrogens with zero attached hydrogens (tertiary/aromatic N) is 1. The fraction of sp³-hybridized carbons (Fsp3) is 0.154. The van der Waals surface area contributed by atoms with Crippen LogP contribution in [0.2, 0.25) is 10.0 Å². The maximum Gasteiger partial charge on any atom is 0.367 e. The highest BCUT2D eigenvalue weighted by atomic mass is 35.5. The minimum atomic E-state index is -0.553. The summed E-state index contributed by atoms with van der Waals surface area (Å²) >= 11 is 12.9. The molecule has 1 heterocycles. The summed E-state index contributed by atoms with van der Waals surface area (Å²) in [6.07, 6.45) is 0. The van der Waals surface area contributed by atoms with Gasteiger partial charge in [0.2, 0.25) is 5.01 Å². The average molecular weight is 345 g/mol. The molecular formula is C13H10Cl2N2O3S. The number of anilines is 1. The van der Waals surface area contributed by atoms with Gasteiger partial charge >= 0.3 is 5.97 Å². The molecule has 0 spiro atoms. The van der Waals surface area contributed by atoms with Crippen LogP contribution in [0.1, 0.15) is 27.2 Å². The Morgan fingerprint density at radius 1 is 1.38 bits per heavy atom. The highest BCUT2D eigenvalue weighted by Gasteiger charge is 2.17. The van der Waals surface area contributed by atoms with Crippen molar-refractivity contribution in [1.82, 2.24) is 4.98 Å². The van der Waals surface area contributed by atoms with Crippen molar-refractivity contribution in [2.24, 2.45) is 0 Å². The normalized spacial score (nSPS) is 10.2. The van der Waals surface area contributed by atoms with E-state index in [1.54, 1.807) is 25.1 Å². The van der Waals surface area contributed by atoms with E-state index < -0.39 is 11.9 Å². The number of esters is 1. The van der Waals surface area contributed by atoms with Crippen LogP contribution in [0.4, 0.5) is 5.69 Å². The lowest BCUT2D eigenvalue weighted by molar-refractivity contribution is 0.0526. The van der Waals surface area contributed by atoms with Gasteiger partial charge in [0, 0.05) is 5.38 Å². The topological polar surface area (TPSA) is 68.3 Å². The molecular weight excluding hydrogens is 335 g/mol. The van der Waals surface area contributed by atoms with Crippen LogP contribution in [0.3, 0.4) is 0 Å². The van der Waals surface area contributed by atoms with Crippen molar-refractivity contribution in [3.63, 3.8) is 0 Å². The van der Waals surface area contributed by atoms with E-state index >= 15 is 0 Å². The molecule has 2 aromatic rings. The molecule has 1 aromatic heterocycles. The standard InChI is InChI=1S/C13H10Cl2N2O3S/c1-2-20-13(19)12-17-9(6-21-12)11(18)16-8-5-3-4-7(14)10(8)15/h3-6H,2H2,1H3,(H,16,18). The summed E-state index contributed by atoms with van der Waals surface area (Å²) in [5.74, 6) is -1.03. The van der Waals surface area contributed by atoms with Crippen LogP contribution in [-0.4, -0.2) is 23.5 Å². The Kier molecular flexibility index (Phi) is 5.17. The Balaban J connectivity index is 2.14. The second kappa shape index (κ2) is 6.89. The van der Waals surface area contributed by atoms with Crippen LogP contribution in [0, 0.1) is 0 Å². The number of amides is 1. The molecule has 0 atom stereocenters. The largest absolute Gasteiger partial charge is 0.461 e. The van der Waals surface area contributed by atoms with Gasteiger partial charge in [-0.1, -0.05) is 29.3 Å². The third-order valence-corrected chi connectivity index (χ3v) is 4.03. The number of nitrogens with one attached hydrogen (secondary N) is 1. The lowest BCUT2D eigenvalue weighted by Crippen LogP contribution is -2.13. The number of thiazole rings is 1. The molecule has 2 rings (SSSR count). The van der Waals surface area contributed by atoms with Gasteiger partial charge in [0.1, 0.15) is 5.69 Å². The summed E-state index contributed by atoms with van der Waals surface area (Å²) in [6.45, 7) is 1.94. The second-order valence-electron chi connectivity index (χ2n) is 3.81. The summed E-state index contributed by atoms with van der Waals surface area (Å²) < 4.78 is 4.81. The predicted octanol–water partition coefficient (Wildman–Crippen LogP) is 3.88. The van der Waals surface area contributed by atoms with Crippen molar-refractivity contribution in [3.8, 4) is 0 Å². The molecule has 1 aromatic carbocycles. The molecule has 21 heavy (non-hydrogen) atoms. The van der Waals surface area contributed by atoms with Crippen molar-refractivity contribution < 1.29 is 14.3 Å². The van der Waals surface area contributed by atoms with Gasteiger partial charge in [0.25, 0.3) is 5.91 Å². The molecule has 0 aliphatic heterocycles. The van der Waals surface area contributed by atoms with Crippen LogP contribution >= 0.6 is 34.5 Å². The molecule has 1 N–H and O–H groups in total. The molecule has 0 radical (unpaired) electrons. The van der Waals surface area contributed by atoms with E-state index in [4.69, 9.17) is 27.9 Å². The number of ether oxygens (including phenoxy) is 1. The SMILES string of the molecule is CCOC(=O)c1nc(C(=O)Nc2cccc(Cl)c2Cl)cs1. The molecule has 5 nitrogen and oxygen atoms in total. The van der Waals surface area contributed by atoms with E-state index in [2.05, 4.69) is 10.3 Å². The molecule has 1 amide bonds. The Morgan fingerprint density at radius 3 is 2.86 bits per heavy atom. The zero-order chi connectivity index (χ0) is 15.4. The Morgan fingerprint density at radius 2 is 2.14 bits per heavy atom. The smallest absolute Gasteiger partial charge is 0.367 e. The van der Waals surface area contributed by atoms with Gasteiger partial charge in [-0.25, -0.2) is 9.78 Å². The van der Waals surface area contributed by atoms with Gasteiger partial charge in [-0.15, -0.1) is 11.3 Å². The van der Waals surface area contributed by atoms with Crippen molar-refractivity contribution in [3.05, 3.63) is 44.3 Å². The monoisotopic (exact) mass is 344 g/mol. The van der Waals surface area contributed by atoms with Gasteiger partial charge in [0.15, 0.2) is 0 Å². The molecule has 110 valence electrons. The lowest BCUT2D eigenvalue weighted by atomic mass is 10.3. The lowest BCUT2D eigenvalue weighted by Gasteiger charge is -2.06. The average Bonchev–Trinajstić information content (AvgIpc) is 2.94. The fourth-order valence-corrected chi connectivity index (χ4v) is 2.49. The maximum atomic E-state index is 12.1. The van der Waals surface area contributed by atoms with Crippen LogP contribution in [0.5, 0.6) is 0 Å². The molecule has 0 saturated carbocycles. The Labute approximate surface area is 134 Å². The summed E-state index contributed by atoms with van der Waals surface area (Å²) in [4.78, 5) is 27.5. The molecule has 0 bridgehead atoms. The fourth-order valence-electron chi connectivity index (χ4n) is 1.45. The first kappa shape index (κ1) is 15.8. The van der Waals surface area contributed by atoms with E-state index in [0.717, 1.165) is 11.3 Å². The molecule has 0 aliphatic carbocycles. The van der Waals surface area contributed by atoms with Crippen LogP contribution in [0.25, 0.3) is 0 Å². The van der Waals surface area contributed by atoms with Gasteiger partial charge in [-0.05, 0) is 19.1 Å². The van der Waals surface area contributed by atoms with E-state index in [0.29, 0.717) is 10.7 Å². The first-order valence-electron chi connectivity index (χ1n) is 5.91.